The fourth-order valence-electron chi connectivity index (χ4n) is 2.95. The van der Waals surface area contributed by atoms with Crippen molar-refractivity contribution in [1.82, 2.24) is 4.90 Å². The molecule has 2 amide bonds. The van der Waals surface area contributed by atoms with Crippen LogP contribution in [0.5, 0.6) is 0 Å². The maximum atomic E-state index is 12.4. The first-order valence-electron chi connectivity index (χ1n) is 7.72. The number of amides is 2. The van der Waals surface area contributed by atoms with Crippen LogP contribution in [0.15, 0.2) is 24.3 Å². The van der Waals surface area contributed by atoms with Crippen molar-refractivity contribution < 1.29 is 4.79 Å². The van der Waals surface area contributed by atoms with E-state index in [4.69, 9.17) is 0 Å². The first-order chi connectivity index (χ1) is 9.59. The maximum Gasteiger partial charge on any atom is 0.321 e. The standard InChI is InChI=1S/C17H26N2O/c1-13(2)15-11-7-8-12-16(15)18-17(20)19(3)14-9-5-4-6-10-14/h7-8,11-14H,4-6,9-10H2,1-3H3,(H,18,20). The summed E-state index contributed by atoms with van der Waals surface area (Å²) >= 11 is 0. The first-order valence-corrected chi connectivity index (χ1v) is 7.72. The van der Waals surface area contributed by atoms with Gasteiger partial charge in [0.15, 0.2) is 0 Å². The van der Waals surface area contributed by atoms with Crippen LogP contribution in [0.4, 0.5) is 10.5 Å². The molecule has 1 aliphatic rings. The van der Waals surface area contributed by atoms with Crippen molar-refractivity contribution in [2.24, 2.45) is 0 Å². The summed E-state index contributed by atoms with van der Waals surface area (Å²) in [7, 11) is 1.92. The number of carbonyl (C=O) groups is 1. The van der Waals surface area contributed by atoms with E-state index in [2.05, 4.69) is 25.2 Å². The fraction of sp³-hybridized carbons (Fsp3) is 0.588. The lowest BCUT2D eigenvalue weighted by molar-refractivity contribution is 0.186. The lowest BCUT2D eigenvalue weighted by atomic mass is 9.95. The third kappa shape index (κ3) is 3.53. The molecule has 1 aliphatic carbocycles. The van der Waals surface area contributed by atoms with Gasteiger partial charge in [-0.25, -0.2) is 4.79 Å². The predicted molar refractivity (Wildman–Crippen MR) is 84.2 cm³/mol. The number of urea groups is 1. The highest BCUT2D eigenvalue weighted by molar-refractivity contribution is 5.90. The summed E-state index contributed by atoms with van der Waals surface area (Å²) in [5.41, 5.74) is 2.13. The lowest BCUT2D eigenvalue weighted by Crippen LogP contribution is -2.41. The van der Waals surface area contributed by atoms with Gasteiger partial charge in [-0.05, 0) is 30.4 Å². The van der Waals surface area contributed by atoms with Gasteiger partial charge in [-0.3, -0.25) is 0 Å². The zero-order valence-electron chi connectivity index (χ0n) is 12.9. The summed E-state index contributed by atoms with van der Waals surface area (Å²) < 4.78 is 0. The van der Waals surface area contributed by atoms with Crippen LogP contribution in [0.25, 0.3) is 0 Å². The molecule has 0 spiro atoms. The smallest absolute Gasteiger partial charge is 0.321 e. The molecule has 0 saturated heterocycles. The second-order valence-corrected chi connectivity index (χ2v) is 6.07. The number of benzene rings is 1. The van der Waals surface area contributed by atoms with Gasteiger partial charge >= 0.3 is 6.03 Å². The molecule has 0 unspecified atom stereocenters. The Labute approximate surface area is 122 Å². The van der Waals surface area contributed by atoms with Crippen molar-refractivity contribution >= 4 is 11.7 Å². The van der Waals surface area contributed by atoms with Crippen LogP contribution >= 0.6 is 0 Å². The highest BCUT2D eigenvalue weighted by atomic mass is 16.2. The average Bonchev–Trinajstić information content (AvgIpc) is 2.47. The van der Waals surface area contributed by atoms with Crippen molar-refractivity contribution in [3.63, 3.8) is 0 Å². The molecule has 0 radical (unpaired) electrons. The summed E-state index contributed by atoms with van der Waals surface area (Å²) in [5.74, 6) is 0.409. The molecule has 20 heavy (non-hydrogen) atoms. The monoisotopic (exact) mass is 274 g/mol. The van der Waals surface area contributed by atoms with Gasteiger partial charge in [-0.1, -0.05) is 51.3 Å². The van der Waals surface area contributed by atoms with Crippen LogP contribution in [0.3, 0.4) is 0 Å². The van der Waals surface area contributed by atoms with Crippen LogP contribution in [0.1, 0.15) is 57.4 Å². The van der Waals surface area contributed by atoms with E-state index in [1.807, 2.05) is 30.1 Å². The summed E-state index contributed by atoms with van der Waals surface area (Å²) in [6, 6.07) is 8.49. The van der Waals surface area contributed by atoms with Crippen LogP contribution in [-0.2, 0) is 0 Å². The summed E-state index contributed by atoms with van der Waals surface area (Å²) in [5, 5.41) is 3.08. The number of rotatable bonds is 3. The molecule has 0 bridgehead atoms. The lowest BCUT2D eigenvalue weighted by Gasteiger charge is -2.31. The van der Waals surface area contributed by atoms with Gasteiger partial charge in [0.05, 0.1) is 0 Å². The third-order valence-corrected chi connectivity index (χ3v) is 4.27. The zero-order valence-corrected chi connectivity index (χ0v) is 12.9. The number of nitrogens with one attached hydrogen (secondary N) is 1. The number of nitrogens with zero attached hydrogens (tertiary/aromatic N) is 1. The van der Waals surface area contributed by atoms with E-state index >= 15 is 0 Å². The Balaban J connectivity index is 2.03. The van der Waals surface area contributed by atoms with E-state index in [0.717, 1.165) is 18.5 Å². The molecule has 0 atom stereocenters. The SMILES string of the molecule is CC(C)c1ccccc1NC(=O)N(C)C1CCCCC1. The van der Waals surface area contributed by atoms with Gasteiger partial charge in [0.2, 0.25) is 0 Å². The molecule has 2 rings (SSSR count). The Bertz CT molecular complexity index is 450. The first kappa shape index (κ1) is 14.9. The summed E-state index contributed by atoms with van der Waals surface area (Å²) in [4.78, 5) is 14.3. The van der Waals surface area contributed by atoms with Crippen molar-refractivity contribution in [3.05, 3.63) is 29.8 Å². The molecule has 3 heteroatoms. The van der Waals surface area contributed by atoms with Gasteiger partial charge < -0.3 is 10.2 Å². The largest absolute Gasteiger partial charge is 0.325 e. The second-order valence-electron chi connectivity index (χ2n) is 6.07. The van der Waals surface area contributed by atoms with Crippen LogP contribution in [0, 0.1) is 0 Å². The number of carbonyl (C=O) groups excluding carboxylic acids is 1. The maximum absolute atomic E-state index is 12.4. The predicted octanol–water partition coefficient (Wildman–Crippen LogP) is 4.61. The summed E-state index contributed by atoms with van der Waals surface area (Å²) in [6.07, 6.45) is 6.06. The third-order valence-electron chi connectivity index (χ3n) is 4.27. The molecule has 1 aromatic carbocycles. The van der Waals surface area contributed by atoms with Gasteiger partial charge in [0.25, 0.3) is 0 Å². The van der Waals surface area contributed by atoms with Crippen LogP contribution in [-0.4, -0.2) is 24.0 Å². The Hall–Kier alpha value is -1.51. The molecule has 110 valence electrons. The molecule has 1 aromatic rings. The summed E-state index contributed by atoms with van der Waals surface area (Å²) in [6.45, 7) is 4.30. The normalized spacial score (nSPS) is 16.2. The molecular formula is C17H26N2O. The van der Waals surface area contributed by atoms with Crippen LogP contribution < -0.4 is 5.32 Å². The van der Waals surface area contributed by atoms with Crippen molar-refractivity contribution in [2.75, 3.05) is 12.4 Å². The molecule has 0 aromatic heterocycles. The van der Waals surface area contributed by atoms with Gasteiger partial charge in [0.1, 0.15) is 0 Å². The number of hydrogen-bond donors (Lipinski definition) is 1. The number of para-hydroxylation sites is 1. The fourth-order valence-corrected chi connectivity index (χ4v) is 2.95. The molecule has 1 N–H and O–H groups in total. The Kier molecular flexibility index (Phi) is 5.05. The van der Waals surface area contributed by atoms with E-state index < -0.39 is 0 Å². The Morgan fingerprint density at radius 1 is 1.20 bits per heavy atom. The van der Waals surface area contributed by atoms with Gasteiger partial charge in [-0.2, -0.15) is 0 Å². The van der Waals surface area contributed by atoms with Crippen molar-refractivity contribution in [3.8, 4) is 0 Å². The minimum atomic E-state index is 0.0185. The van der Waals surface area contributed by atoms with E-state index in [9.17, 15) is 4.79 Å². The highest BCUT2D eigenvalue weighted by Gasteiger charge is 2.22. The number of anilines is 1. The Morgan fingerprint density at radius 2 is 1.85 bits per heavy atom. The Morgan fingerprint density at radius 3 is 2.50 bits per heavy atom. The van der Waals surface area contributed by atoms with E-state index in [1.165, 1.54) is 24.8 Å². The van der Waals surface area contributed by atoms with Gasteiger partial charge in [-0.15, -0.1) is 0 Å². The minimum Gasteiger partial charge on any atom is -0.325 e. The molecule has 0 aliphatic heterocycles. The average molecular weight is 274 g/mol. The zero-order chi connectivity index (χ0) is 14.5. The van der Waals surface area contributed by atoms with Crippen molar-refractivity contribution in [2.45, 2.75) is 57.9 Å². The molecule has 1 fully saturated rings. The van der Waals surface area contributed by atoms with Crippen molar-refractivity contribution in [1.29, 1.82) is 0 Å². The number of hydrogen-bond acceptors (Lipinski definition) is 1. The molecule has 3 nitrogen and oxygen atoms in total. The van der Waals surface area contributed by atoms with E-state index in [0.29, 0.717) is 12.0 Å². The quantitative estimate of drug-likeness (QED) is 0.858. The van der Waals surface area contributed by atoms with E-state index in [1.54, 1.807) is 0 Å². The van der Waals surface area contributed by atoms with E-state index in [-0.39, 0.29) is 6.03 Å². The van der Waals surface area contributed by atoms with Gasteiger partial charge in [0, 0.05) is 18.8 Å². The molecule has 0 heterocycles. The topological polar surface area (TPSA) is 32.3 Å². The highest BCUT2D eigenvalue weighted by Crippen LogP contribution is 2.25. The second kappa shape index (κ2) is 6.78. The molecular weight excluding hydrogens is 248 g/mol. The van der Waals surface area contributed by atoms with Crippen LogP contribution in [0.2, 0.25) is 0 Å². The minimum absolute atomic E-state index is 0.0185. The molecule has 1 saturated carbocycles.